The largest absolute Gasteiger partial charge is 0.484 e. The predicted octanol–water partition coefficient (Wildman–Crippen LogP) is 3.41. The third-order valence-electron chi connectivity index (χ3n) is 4.17. The Balaban J connectivity index is 1.58. The first-order chi connectivity index (χ1) is 11.1. The first-order valence-electron chi connectivity index (χ1n) is 8.53. The van der Waals surface area contributed by atoms with Crippen molar-refractivity contribution in [2.24, 2.45) is 0 Å². The van der Waals surface area contributed by atoms with Crippen LogP contribution in [0.25, 0.3) is 0 Å². The number of rotatable bonds is 7. The summed E-state index contributed by atoms with van der Waals surface area (Å²) in [6.07, 6.45) is 6.32. The van der Waals surface area contributed by atoms with Crippen LogP contribution in [-0.2, 0) is 4.79 Å². The zero-order valence-corrected chi connectivity index (χ0v) is 14.7. The number of carbonyl (C=O) groups is 1. The summed E-state index contributed by atoms with van der Waals surface area (Å²) in [5.74, 6) is 0.597. The minimum Gasteiger partial charge on any atom is -0.484 e. The Morgan fingerprint density at radius 3 is 2.70 bits per heavy atom. The first-order valence-corrected chi connectivity index (χ1v) is 8.91. The lowest BCUT2D eigenvalue weighted by atomic mass is 10.2. The molecular weight excluding hydrogens is 312 g/mol. The first kappa shape index (κ1) is 18.1. The molecule has 2 rings (SSSR count). The quantitative estimate of drug-likeness (QED) is 0.775. The Labute approximate surface area is 144 Å². The van der Waals surface area contributed by atoms with Crippen molar-refractivity contribution in [2.75, 3.05) is 32.8 Å². The number of aryl methyl sites for hydroxylation is 1. The molecule has 0 aliphatic carbocycles. The zero-order chi connectivity index (χ0) is 16.5. The third kappa shape index (κ3) is 6.80. The van der Waals surface area contributed by atoms with Gasteiger partial charge in [0.2, 0.25) is 0 Å². The third-order valence-corrected chi connectivity index (χ3v) is 4.60. The minimum atomic E-state index is -0.0755. The molecule has 0 saturated carbocycles. The maximum absolute atomic E-state index is 11.8. The Bertz CT molecular complexity index is 500. The van der Waals surface area contributed by atoms with Gasteiger partial charge < -0.3 is 15.0 Å². The van der Waals surface area contributed by atoms with Crippen LogP contribution in [0.1, 0.15) is 37.7 Å². The van der Waals surface area contributed by atoms with E-state index in [0.29, 0.717) is 17.3 Å². The standard InChI is InChI=1S/C18H27ClN2O2/c1-15-13-16(7-8-17(15)19)23-14-18(22)20-9-6-12-21-10-4-2-3-5-11-21/h7-8,13H,2-6,9-12,14H2,1H3,(H,20,22). The predicted molar refractivity (Wildman–Crippen MR) is 94.2 cm³/mol. The Morgan fingerprint density at radius 2 is 2.00 bits per heavy atom. The monoisotopic (exact) mass is 338 g/mol. The van der Waals surface area contributed by atoms with Crippen LogP contribution in [0.15, 0.2) is 18.2 Å². The number of ether oxygens (including phenoxy) is 1. The number of carbonyl (C=O) groups excluding carboxylic acids is 1. The molecule has 5 heteroatoms. The van der Waals surface area contributed by atoms with Crippen molar-refractivity contribution < 1.29 is 9.53 Å². The van der Waals surface area contributed by atoms with Crippen LogP contribution in [0.4, 0.5) is 0 Å². The van der Waals surface area contributed by atoms with Gasteiger partial charge in [-0.25, -0.2) is 0 Å². The molecule has 0 atom stereocenters. The van der Waals surface area contributed by atoms with Gasteiger partial charge in [0.25, 0.3) is 5.91 Å². The molecule has 1 heterocycles. The number of halogens is 1. The fraction of sp³-hybridized carbons (Fsp3) is 0.611. The molecule has 0 spiro atoms. The summed E-state index contributed by atoms with van der Waals surface area (Å²) in [5.41, 5.74) is 0.946. The van der Waals surface area contributed by atoms with E-state index in [1.54, 1.807) is 12.1 Å². The van der Waals surface area contributed by atoms with Gasteiger partial charge in [-0.05, 0) is 69.6 Å². The zero-order valence-electron chi connectivity index (χ0n) is 13.9. The van der Waals surface area contributed by atoms with Crippen molar-refractivity contribution in [2.45, 2.75) is 39.0 Å². The van der Waals surface area contributed by atoms with Gasteiger partial charge in [0.05, 0.1) is 0 Å². The van der Waals surface area contributed by atoms with Crippen molar-refractivity contribution in [3.05, 3.63) is 28.8 Å². The fourth-order valence-electron chi connectivity index (χ4n) is 2.80. The summed E-state index contributed by atoms with van der Waals surface area (Å²) < 4.78 is 5.49. The van der Waals surface area contributed by atoms with E-state index in [2.05, 4.69) is 10.2 Å². The fourth-order valence-corrected chi connectivity index (χ4v) is 2.91. The number of amides is 1. The second kappa shape index (κ2) is 9.78. The van der Waals surface area contributed by atoms with Gasteiger partial charge in [-0.2, -0.15) is 0 Å². The van der Waals surface area contributed by atoms with Crippen LogP contribution in [0.2, 0.25) is 5.02 Å². The highest BCUT2D eigenvalue weighted by atomic mass is 35.5. The molecule has 128 valence electrons. The molecule has 0 unspecified atom stereocenters. The summed E-state index contributed by atoms with van der Waals surface area (Å²) in [5, 5.41) is 3.62. The normalized spacial score (nSPS) is 15.9. The van der Waals surface area contributed by atoms with Crippen molar-refractivity contribution in [1.29, 1.82) is 0 Å². The summed E-state index contributed by atoms with van der Waals surface area (Å²) >= 11 is 5.96. The smallest absolute Gasteiger partial charge is 0.257 e. The van der Waals surface area contributed by atoms with E-state index >= 15 is 0 Å². The van der Waals surface area contributed by atoms with Gasteiger partial charge in [0.1, 0.15) is 5.75 Å². The molecule has 0 aromatic heterocycles. The van der Waals surface area contributed by atoms with Gasteiger partial charge in [-0.15, -0.1) is 0 Å². The van der Waals surface area contributed by atoms with Crippen molar-refractivity contribution in [1.82, 2.24) is 10.2 Å². The summed E-state index contributed by atoms with van der Waals surface area (Å²) in [7, 11) is 0. The van der Waals surface area contributed by atoms with Crippen LogP contribution in [-0.4, -0.2) is 43.6 Å². The lowest BCUT2D eigenvalue weighted by molar-refractivity contribution is -0.123. The van der Waals surface area contributed by atoms with E-state index < -0.39 is 0 Å². The van der Waals surface area contributed by atoms with Crippen LogP contribution in [0, 0.1) is 6.92 Å². The molecule has 0 radical (unpaired) electrons. The van der Waals surface area contributed by atoms with E-state index in [1.807, 2.05) is 13.0 Å². The summed E-state index contributed by atoms with van der Waals surface area (Å²) in [6, 6.07) is 5.40. The SMILES string of the molecule is Cc1cc(OCC(=O)NCCCN2CCCCCC2)ccc1Cl. The topological polar surface area (TPSA) is 41.6 Å². The lowest BCUT2D eigenvalue weighted by Crippen LogP contribution is -2.33. The molecule has 4 nitrogen and oxygen atoms in total. The number of nitrogens with zero attached hydrogens (tertiary/aromatic N) is 1. The van der Waals surface area contributed by atoms with E-state index in [0.717, 1.165) is 18.5 Å². The molecule has 1 aromatic rings. The van der Waals surface area contributed by atoms with Gasteiger partial charge >= 0.3 is 0 Å². The van der Waals surface area contributed by atoms with E-state index in [4.69, 9.17) is 16.3 Å². The second-order valence-corrected chi connectivity index (χ2v) is 6.57. The molecule has 1 saturated heterocycles. The lowest BCUT2D eigenvalue weighted by Gasteiger charge is -2.19. The van der Waals surface area contributed by atoms with Crippen LogP contribution >= 0.6 is 11.6 Å². The highest BCUT2D eigenvalue weighted by molar-refractivity contribution is 6.31. The van der Waals surface area contributed by atoms with Crippen molar-refractivity contribution in [3.8, 4) is 5.75 Å². The molecule has 1 aliphatic rings. The number of nitrogens with one attached hydrogen (secondary N) is 1. The Morgan fingerprint density at radius 1 is 1.26 bits per heavy atom. The molecule has 1 N–H and O–H groups in total. The molecular formula is C18H27ClN2O2. The highest BCUT2D eigenvalue weighted by Gasteiger charge is 2.09. The molecule has 1 fully saturated rings. The minimum absolute atomic E-state index is 0.0464. The maximum Gasteiger partial charge on any atom is 0.257 e. The van der Waals surface area contributed by atoms with Gasteiger partial charge in [0.15, 0.2) is 6.61 Å². The van der Waals surface area contributed by atoms with Crippen molar-refractivity contribution >= 4 is 17.5 Å². The number of hydrogen-bond acceptors (Lipinski definition) is 3. The molecule has 1 amide bonds. The van der Waals surface area contributed by atoms with E-state index in [9.17, 15) is 4.79 Å². The summed E-state index contributed by atoms with van der Waals surface area (Å²) in [4.78, 5) is 14.3. The van der Waals surface area contributed by atoms with E-state index in [1.165, 1.54) is 38.8 Å². The highest BCUT2D eigenvalue weighted by Crippen LogP contribution is 2.20. The second-order valence-electron chi connectivity index (χ2n) is 6.16. The number of benzene rings is 1. The average Bonchev–Trinajstić information content (AvgIpc) is 2.81. The van der Waals surface area contributed by atoms with E-state index in [-0.39, 0.29) is 12.5 Å². The Hall–Kier alpha value is -1.26. The summed E-state index contributed by atoms with van der Waals surface area (Å²) in [6.45, 7) is 6.14. The number of likely N-dealkylation sites (tertiary alicyclic amines) is 1. The molecule has 1 aromatic carbocycles. The molecule has 23 heavy (non-hydrogen) atoms. The van der Waals surface area contributed by atoms with Gasteiger partial charge in [-0.3, -0.25) is 4.79 Å². The van der Waals surface area contributed by atoms with Crippen LogP contribution in [0.5, 0.6) is 5.75 Å². The molecule has 1 aliphatic heterocycles. The number of hydrogen-bond donors (Lipinski definition) is 1. The van der Waals surface area contributed by atoms with Crippen LogP contribution in [0.3, 0.4) is 0 Å². The average molecular weight is 339 g/mol. The van der Waals surface area contributed by atoms with Crippen LogP contribution < -0.4 is 10.1 Å². The molecule has 0 bridgehead atoms. The van der Waals surface area contributed by atoms with Gasteiger partial charge in [0, 0.05) is 11.6 Å². The Kier molecular flexibility index (Phi) is 7.69. The maximum atomic E-state index is 11.8. The van der Waals surface area contributed by atoms with Gasteiger partial charge in [-0.1, -0.05) is 24.4 Å². The van der Waals surface area contributed by atoms with Crippen molar-refractivity contribution in [3.63, 3.8) is 0 Å².